The van der Waals surface area contributed by atoms with Crippen LogP contribution in [0.25, 0.3) is 33.6 Å². The molecule has 2 atom stereocenters. The minimum absolute atomic E-state index is 0.0618. The number of aryl methyl sites for hydroxylation is 1. The van der Waals surface area contributed by atoms with Gasteiger partial charge in [0.2, 0.25) is 0 Å². The normalized spacial score (nSPS) is 20.4. The summed E-state index contributed by atoms with van der Waals surface area (Å²) in [6.45, 7) is 1.79. The zero-order chi connectivity index (χ0) is 25.0. The van der Waals surface area contributed by atoms with Crippen molar-refractivity contribution in [2.45, 2.75) is 38.0 Å². The number of fused-ring (bicyclic) bond motifs is 2. The van der Waals surface area contributed by atoms with Crippen molar-refractivity contribution in [1.29, 1.82) is 0 Å². The molecule has 2 fully saturated rings. The summed E-state index contributed by atoms with van der Waals surface area (Å²) in [5.41, 5.74) is 4.03. The SMILES string of the molecule is CN[C@H]1C[C@@H](O)CN(C(=O)c2cc(OC)c3c(c2)nc(-c2cc4cccnc4n2CC2CC2)n3C)C1. The van der Waals surface area contributed by atoms with Crippen molar-refractivity contribution >= 4 is 28.0 Å². The van der Waals surface area contributed by atoms with Gasteiger partial charge >= 0.3 is 0 Å². The fourth-order valence-electron chi connectivity index (χ4n) is 5.46. The topological polar surface area (TPSA) is 97.4 Å². The molecule has 1 aliphatic heterocycles. The minimum Gasteiger partial charge on any atom is -0.494 e. The predicted octanol–water partition coefficient (Wildman–Crippen LogP) is 2.80. The molecular weight excluding hydrogens is 456 g/mol. The number of aromatic nitrogens is 4. The maximum absolute atomic E-state index is 13.5. The summed E-state index contributed by atoms with van der Waals surface area (Å²) in [5.74, 6) is 1.96. The third-order valence-corrected chi connectivity index (χ3v) is 7.55. The third kappa shape index (κ3) is 3.92. The number of benzene rings is 1. The number of β-amino-alcohol motifs (C(OH)–C–C–N with tert-alkyl or cyclic N) is 1. The number of aliphatic hydroxyl groups is 1. The summed E-state index contributed by atoms with van der Waals surface area (Å²) in [6.07, 6.45) is 4.41. The van der Waals surface area contributed by atoms with Crippen molar-refractivity contribution < 1.29 is 14.6 Å². The van der Waals surface area contributed by atoms with Crippen LogP contribution in [0.4, 0.5) is 0 Å². The molecular formula is C27H32N6O3. The van der Waals surface area contributed by atoms with Crippen molar-refractivity contribution in [2.24, 2.45) is 13.0 Å². The van der Waals surface area contributed by atoms with E-state index in [0.717, 1.165) is 34.6 Å². The van der Waals surface area contributed by atoms with E-state index in [2.05, 4.69) is 27.0 Å². The first-order valence-corrected chi connectivity index (χ1v) is 12.6. The number of rotatable bonds is 6. The van der Waals surface area contributed by atoms with Crippen LogP contribution in [0.5, 0.6) is 5.75 Å². The Bertz CT molecular complexity index is 1450. The molecule has 0 bridgehead atoms. The number of carbonyl (C=O) groups is 1. The number of nitrogens with one attached hydrogen (secondary N) is 1. The molecule has 2 N–H and O–H groups in total. The number of imidazole rings is 1. The number of hydrogen-bond donors (Lipinski definition) is 2. The Labute approximate surface area is 209 Å². The zero-order valence-electron chi connectivity index (χ0n) is 20.9. The monoisotopic (exact) mass is 488 g/mol. The molecule has 1 saturated carbocycles. The van der Waals surface area contributed by atoms with E-state index in [9.17, 15) is 9.90 Å². The molecule has 188 valence electrons. The number of aliphatic hydroxyl groups excluding tert-OH is 1. The average molecular weight is 489 g/mol. The highest BCUT2D eigenvalue weighted by atomic mass is 16.5. The zero-order valence-corrected chi connectivity index (χ0v) is 20.9. The van der Waals surface area contributed by atoms with Crippen LogP contribution in [0.1, 0.15) is 29.6 Å². The van der Waals surface area contributed by atoms with Crippen LogP contribution in [0.3, 0.4) is 0 Å². The Hall–Kier alpha value is -3.43. The van der Waals surface area contributed by atoms with Gasteiger partial charge in [0.15, 0.2) is 5.82 Å². The highest BCUT2D eigenvalue weighted by molar-refractivity contribution is 6.00. The number of hydrogen-bond acceptors (Lipinski definition) is 6. The molecule has 4 aromatic rings. The van der Waals surface area contributed by atoms with Crippen molar-refractivity contribution in [3.8, 4) is 17.3 Å². The molecule has 4 heterocycles. The average Bonchev–Trinajstić information content (AvgIpc) is 3.56. The first kappa shape index (κ1) is 23.0. The second kappa shape index (κ2) is 8.90. The fraction of sp³-hybridized carbons (Fsp3) is 0.444. The second-order valence-electron chi connectivity index (χ2n) is 10.1. The molecule has 36 heavy (non-hydrogen) atoms. The van der Waals surface area contributed by atoms with Crippen molar-refractivity contribution in [2.75, 3.05) is 27.2 Å². The molecule has 0 radical (unpaired) electrons. The van der Waals surface area contributed by atoms with Crippen LogP contribution in [0.2, 0.25) is 0 Å². The number of piperidine rings is 1. The Morgan fingerprint density at radius 1 is 1.25 bits per heavy atom. The Morgan fingerprint density at radius 3 is 2.83 bits per heavy atom. The maximum Gasteiger partial charge on any atom is 0.254 e. The Kier molecular flexibility index (Phi) is 5.69. The summed E-state index contributed by atoms with van der Waals surface area (Å²) < 4.78 is 10.1. The highest BCUT2D eigenvalue weighted by Crippen LogP contribution is 2.37. The molecule has 9 nitrogen and oxygen atoms in total. The number of nitrogens with zero attached hydrogens (tertiary/aromatic N) is 5. The van der Waals surface area contributed by atoms with Crippen LogP contribution in [-0.4, -0.2) is 74.4 Å². The molecule has 3 aromatic heterocycles. The van der Waals surface area contributed by atoms with Crippen molar-refractivity contribution in [1.82, 2.24) is 29.3 Å². The van der Waals surface area contributed by atoms with Gasteiger partial charge in [-0.1, -0.05) is 0 Å². The number of pyridine rings is 1. The largest absolute Gasteiger partial charge is 0.494 e. The van der Waals surface area contributed by atoms with E-state index in [0.29, 0.717) is 42.3 Å². The lowest BCUT2D eigenvalue weighted by Gasteiger charge is -2.35. The lowest BCUT2D eigenvalue weighted by atomic mass is 10.0. The van der Waals surface area contributed by atoms with Crippen LogP contribution >= 0.6 is 0 Å². The van der Waals surface area contributed by atoms with Crippen molar-refractivity contribution in [3.63, 3.8) is 0 Å². The molecule has 9 heteroatoms. The fourth-order valence-corrected chi connectivity index (χ4v) is 5.46. The first-order valence-electron chi connectivity index (χ1n) is 12.6. The molecule has 1 amide bonds. The van der Waals surface area contributed by atoms with E-state index >= 15 is 0 Å². The number of ether oxygens (including phenoxy) is 1. The number of amides is 1. The predicted molar refractivity (Wildman–Crippen MR) is 138 cm³/mol. The number of methoxy groups -OCH3 is 1. The number of carbonyl (C=O) groups excluding carboxylic acids is 1. The lowest BCUT2D eigenvalue weighted by Crippen LogP contribution is -2.52. The van der Waals surface area contributed by atoms with Crippen LogP contribution in [-0.2, 0) is 13.6 Å². The molecule has 1 aliphatic carbocycles. The molecule has 1 saturated heterocycles. The van der Waals surface area contributed by atoms with E-state index in [1.807, 2.05) is 37.0 Å². The van der Waals surface area contributed by atoms with Gasteiger partial charge in [-0.05, 0) is 62.6 Å². The van der Waals surface area contributed by atoms with Crippen LogP contribution in [0.15, 0.2) is 36.5 Å². The van der Waals surface area contributed by atoms with E-state index in [1.54, 1.807) is 18.1 Å². The molecule has 0 unspecified atom stereocenters. The molecule has 2 aliphatic rings. The van der Waals surface area contributed by atoms with E-state index in [4.69, 9.17) is 9.72 Å². The first-order chi connectivity index (χ1) is 17.5. The summed E-state index contributed by atoms with van der Waals surface area (Å²) in [5, 5.41) is 14.6. The van der Waals surface area contributed by atoms with Gasteiger partial charge < -0.3 is 29.2 Å². The third-order valence-electron chi connectivity index (χ3n) is 7.55. The van der Waals surface area contributed by atoms with Crippen molar-refractivity contribution in [3.05, 3.63) is 42.1 Å². The molecule has 0 spiro atoms. The summed E-state index contributed by atoms with van der Waals surface area (Å²) >= 11 is 0. The van der Waals surface area contributed by atoms with Gasteiger partial charge in [0.1, 0.15) is 16.9 Å². The second-order valence-corrected chi connectivity index (χ2v) is 10.1. The van der Waals surface area contributed by atoms with Gasteiger partial charge in [-0.15, -0.1) is 0 Å². The Morgan fingerprint density at radius 2 is 2.08 bits per heavy atom. The number of likely N-dealkylation sites (N-methyl/N-ethyl adjacent to an activating group) is 1. The van der Waals surface area contributed by atoms with E-state index < -0.39 is 6.10 Å². The summed E-state index contributed by atoms with van der Waals surface area (Å²) in [7, 11) is 5.46. The van der Waals surface area contributed by atoms with Gasteiger partial charge in [-0.2, -0.15) is 0 Å². The van der Waals surface area contributed by atoms with Gasteiger partial charge in [-0.25, -0.2) is 9.97 Å². The van der Waals surface area contributed by atoms with Crippen LogP contribution < -0.4 is 10.1 Å². The van der Waals surface area contributed by atoms with E-state index in [-0.39, 0.29) is 11.9 Å². The standard InChI is InChI=1S/C27H32N6O3/c1-28-19-12-20(34)15-32(14-19)27(35)18-9-21-24(23(11-18)36-3)31(2)26(30-21)22-10-17-5-4-8-29-25(17)33(22)13-16-6-7-16/h4-5,8-11,16,19-20,28,34H,6-7,12-15H2,1-3H3/t19-,20+/m0/s1. The smallest absolute Gasteiger partial charge is 0.254 e. The summed E-state index contributed by atoms with van der Waals surface area (Å²) in [6, 6.07) is 9.88. The lowest BCUT2D eigenvalue weighted by molar-refractivity contribution is 0.0389. The number of likely N-dealkylation sites (tertiary alicyclic amines) is 1. The van der Waals surface area contributed by atoms with Gasteiger partial charge in [-0.3, -0.25) is 4.79 Å². The minimum atomic E-state index is -0.547. The molecule has 1 aromatic carbocycles. The quantitative estimate of drug-likeness (QED) is 0.433. The maximum atomic E-state index is 13.5. The van der Waals surface area contributed by atoms with Crippen LogP contribution in [0, 0.1) is 5.92 Å². The summed E-state index contributed by atoms with van der Waals surface area (Å²) in [4.78, 5) is 24.8. The van der Waals surface area contributed by atoms with E-state index in [1.165, 1.54) is 12.8 Å². The Balaban J connectivity index is 1.44. The molecule has 6 rings (SSSR count). The van der Waals surface area contributed by atoms with Gasteiger partial charge in [0, 0.05) is 49.9 Å². The highest BCUT2D eigenvalue weighted by Gasteiger charge is 2.30. The van der Waals surface area contributed by atoms with Gasteiger partial charge in [0.25, 0.3) is 5.91 Å². The van der Waals surface area contributed by atoms with Gasteiger partial charge in [0.05, 0.1) is 24.4 Å².